The standard InChI is InChI=1S/C16H18N4O4/c17-14(21)11-3-1-9(2-4-11)10-5-7-12(8-6-10)24-15-13(16(22)23)18-20-19-15/h1-4,10,12H,5-8H2,(H2,17,21)(H,22,23)(H,18,19,20)/t10-,12+. The number of hydrogen-bond acceptors (Lipinski definition) is 5. The molecule has 0 radical (unpaired) electrons. The van der Waals surface area contributed by atoms with E-state index in [4.69, 9.17) is 15.6 Å². The summed E-state index contributed by atoms with van der Waals surface area (Å²) in [6.45, 7) is 0. The van der Waals surface area contributed by atoms with Gasteiger partial charge in [0.2, 0.25) is 11.6 Å². The van der Waals surface area contributed by atoms with E-state index in [1.807, 2.05) is 12.1 Å². The third-order valence-electron chi connectivity index (χ3n) is 4.35. The molecule has 0 atom stereocenters. The number of aromatic amines is 1. The van der Waals surface area contributed by atoms with Crippen LogP contribution >= 0.6 is 0 Å². The molecule has 126 valence electrons. The van der Waals surface area contributed by atoms with Crippen molar-refractivity contribution in [1.29, 1.82) is 0 Å². The number of nitrogens with zero attached hydrogens (tertiary/aromatic N) is 2. The zero-order chi connectivity index (χ0) is 17.1. The molecule has 1 aromatic carbocycles. The second-order valence-electron chi connectivity index (χ2n) is 5.87. The summed E-state index contributed by atoms with van der Waals surface area (Å²) < 4.78 is 5.68. The Morgan fingerprint density at radius 3 is 2.42 bits per heavy atom. The van der Waals surface area contributed by atoms with Crippen LogP contribution in [0, 0.1) is 0 Å². The van der Waals surface area contributed by atoms with Crippen molar-refractivity contribution < 1.29 is 19.4 Å². The number of H-pyrrole nitrogens is 1. The highest BCUT2D eigenvalue weighted by atomic mass is 16.5. The Kier molecular flexibility index (Phi) is 4.45. The molecule has 8 nitrogen and oxygen atoms in total. The summed E-state index contributed by atoms with van der Waals surface area (Å²) in [6, 6.07) is 7.36. The fraction of sp³-hybridized carbons (Fsp3) is 0.375. The molecule has 1 fully saturated rings. The van der Waals surface area contributed by atoms with Crippen LogP contribution in [0.5, 0.6) is 5.88 Å². The SMILES string of the molecule is NC(=O)c1ccc([C@H]2CC[C@@H](Oc3nn[nH]c3C(=O)O)CC2)cc1. The molecule has 3 rings (SSSR count). The number of aromatic carboxylic acids is 1. The molecular weight excluding hydrogens is 312 g/mol. The lowest BCUT2D eigenvalue weighted by Crippen LogP contribution is -2.24. The molecule has 0 aliphatic heterocycles. The second-order valence-corrected chi connectivity index (χ2v) is 5.87. The Labute approximate surface area is 138 Å². The van der Waals surface area contributed by atoms with Gasteiger partial charge in [0.25, 0.3) is 5.88 Å². The number of benzene rings is 1. The van der Waals surface area contributed by atoms with E-state index in [1.165, 1.54) is 5.56 Å². The number of carbonyl (C=O) groups excluding carboxylic acids is 1. The summed E-state index contributed by atoms with van der Waals surface area (Å²) in [7, 11) is 0. The van der Waals surface area contributed by atoms with E-state index in [0.717, 1.165) is 25.7 Å². The van der Waals surface area contributed by atoms with Gasteiger partial charge in [-0.15, -0.1) is 0 Å². The number of primary amides is 1. The summed E-state index contributed by atoms with van der Waals surface area (Å²) in [4.78, 5) is 22.1. The molecule has 8 heteroatoms. The van der Waals surface area contributed by atoms with Crippen molar-refractivity contribution in [1.82, 2.24) is 15.4 Å². The molecule has 0 saturated heterocycles. The molecule has 0 spiro atoms. The van der Waals surface area contributed by atoms with Crippen LogP contribution < -0.4 is 10.5 Å². The molecule has 4 N–H and O–H groups in total. The fourth-order valence-corrected chi connectivity index (χ4v) is 3.03. The number of rotatable bonds is 5. The van der Waals surface area contributed by atoms with Gasteiger partial charge in [0.05, 0.1) is 0 Å². The third kappa shape index (κ3) is 3.37. The number of carbonyl (C=O) groups is 2. The Morgan fingerprint density at radius 2 is 1.83 bits per heavy atom. The second kappa shape index (κ2) is 6.69. The Bertz CT molecular complexity index is 733. The zero-order valence-electron chi connectivity index (χ0n) is 12.9. The highest BCUT2D eigenvalue weighted by Crippen LogP contribution is 2.34. The van der Waals surface area contributed by atoms with Crippen molar-refractivity contribution in [2.45, 2.75) is 37.7 Å². The molecule has 1 amide bonds. The quantitative estimate of drug-likeness (QED) is 0.764. The molecule has 1 aliphatic carbocycles. The number of aromatic nitrogens is 3. The van der Waals surface area contributed by atoms with Gasteiger partial charge < -0.3 is 15.6 Å². The van der Waals surface area contributed by atoms with Crippen LogP contribution in [0.15, 0.2) is 24.3 Å². The molecule has 1 heterocycles. The number of hydrogen-bond donors (Lipinski definition) is 3. The van der Waals surface area contributed by atoms with Crippen molar-refractivity contribution in [3.05, 3.63) is 41.1 Å². The summed E-state index contributed by atoms with van der Waals surface area (Å²) in [5.74, 6) is -1.14. The van der Waals surface area contributed by atoms with Gasteiger partial charge in [-0.3, -0.25) is 4.79 Å². The van der Waals surface area contributed by atoms with Gasteiger partial charge >= 0.3 is 5.97 Å². The van der Waals surface area contributed by atoms with E-state index in [-0.39, 0.29) is 17.7 Å². The monoisotopic (exact) mass is 330 g/mol. The maximum atomic E-state index is 11.1. The molecular formula is C16H18N4O4. The Balaban J connectivity index is 1.58. The van der Waals surface area contributed by atoms with E-state index in [0.29, 0.717) is 11.5 Å². The van der Waals surface area contributed by atoms with Gasteiger partial charge in [0.1, 0.15) is 6.10 Å². The van der Waals surface area contributed by atoms with Crippen LogP contribution in [0.1, 0.15) is 58.0 Å². The molecule has 0 unspecified atom stereocenters. The van der Waals surface area contributed by atoms with E-state index < -0.39 is 11.9 Å². The van der Waals surface area contributed by atoms with Gasteiger partial charge in [-0.05, 0) is 49.3 Å². The predicted octanol–water partition coefficient (Wildman–Crippen LogP) is 1.71. The fourth-order valence-electron chi connectivity index (χ4n) is 3.03. The maximum absolute atomic E-state index is 11.1. The van der Waals surface area contributed by atoms with E-state index >= 15 is 0 Å². The first-order valence-electron chi connectivity index (χ1n) is 7.75. The van der Waals surface area contributed by atoms with Gasteiger partial charge in [-0.1, -0.05) is 22.4 Å². The summed E-state index contributed by atoms with van der Waals surface area (Å²) in [5.41, 5.74) is 6.80. The number of carboxylic acid groups (broad SMARTS) is 1. The van der Waals surface area contributed by atoms with Crippen LogP contribution in [-0.2, 0) is 0 Å². The Morgan fingerprint density at radius 1 is 1.17 bits per heavy atom. The number of amides is 1. The number of ether oxygens (including phenoxy) is 1. The Hall–Kier alpha value is -2.90. The van der Waals surface area contributed by atoms with Crippen molar-refractivity contribution in [2.75, 3.05) is 0 Å². The van der Waals surface area contributed by atoms with Crippen LogP contribution in [0.25, 0.3) is 0 Å². The molecule has 1 saturated carbocycles. The topological polar surface area (TPSA) is 131 Å². The van der Waals surface area contributed by atoms with E-state index in [1.54, 1.807) is 12.1 Å². The number of carboxylic acids is 1. The molecule has 1 aliphatic rings. The van der Waals surface area contributed by atoms with Gasteiger partial charge in [-0.25, -0.2) is 9.89 Å². The number of nitrogens with one attached hydrogen (secondary N) is 1. The summed E-state index contributed by atoms with van der Waals surface area (Å²) >= 11 is 0. The zero-order valence-corrected chi connectivity index (χ0v) is 12.9. The van der Waals surface area contributed by atoms with Crippen LogP contribution in [-0.4, -0.2) is 38.5 Å². The molecule has 2 aromatic rings. The minimum absolute atomic E-state index is 0.0387. The van der Waals surface area contributed by atoms with Gasteiger partial charge in [0, 0.05) is 5.56 Å². The maximum Gasteiger partial charge on any atom is 0.359 e. The van der Waals surface area contributed by atoms with Crippen LogP contribution in [0.2, 0.25) is 0 Å². The third-order valence-corrected chi connectivity index (χ3v) is 4.35. The molecule has 1 aromatic heterocycles. The van der Waals surface area contributed by atoms with E-state index in [2.05, 4.69) is 15.4 Å². The first-order valence-corrected chi connectivity index (χ1v) is 7.75. The molecule has 0 bridgehead atoms. The van der Waals surface area contributed by atoms with Gasteiger partial charge in [-0.2, -0.15) is 0 Å². The summed E-state index contributed by atoms with van der Waals surface area (Å²) in [6.07, 6.45) is 3.36. The molecule has 24 heavy (non-hydrogen) atoms. The van der Waals surface area contributed by atoms with Crippen LogP contribution in [0.4, 0.5) is 0 Å². The largest absolute Gasteiger partial charge is 0.476 e. The van der Waals surface area contributed by atoms with Crippen molar-refractivity contribution in [3.63, 3.8) is 0 Å². The van der Waals surface area contributed by atoms with Crippen LogP contribution in [0.3, 0.4) is 0 Å². The first kappa shape index (κ1) is 16.0. The van der Waals surface area contributed by atoms with Crippen molar-refractivity contribution in [3.8, 4) is 5.88 Å². The average Bonchev–Trinajstić information content (AvgIpc) is 3.04. The van der Waals surface area contributed by atoms with Crippen molar-refractivity contribution >= 4 is 11.9 Å². The lowest BCUT2D eigenvalue weighted by atomic mass is 9.82. The van der Waals surface area contributed by atoms with E-state index in [9.17, 15) is 9.59 Å². The lowest BCUT2D eigenvalue weighted by molar-refractivity contribution is 0.0677. The normalized spacial score (nSPS) is 20.5. The highest BCUT2D eigenvalue weighted by molar-refractivity contribution is 5.92. The highest BCUT2D eigenvalue weighted by Gasteiger charge is 2.26. The van der Waals surface area contributed by atoms with Gasteiger partial charge in [0.15, 0.2) is 0 Å². The minimum atomic E-state index is -1.14. The first-order chi connectivity index (χ1) is 11.5. The lowest BCUT2D eigenvalue weighted by Gasteiger charge is -2.28. The smallest absolute Gasteiger partial charge is 0.359 e. The predicted molar refractivity (Wildman–Crippen MR) is 83.9 cm³/mol. The van der Waals surface area contributed by atoms with Crippen molar-refractivity contribution in [2.24, 2.45) is 5.73 Å². The number of nitrogens with two attached hydrogens (primary N) is 1. The summed E-state index contributed by atoms with van der Waals surface area (Å²) in [5, 5.41) is 18.5. The minimum Gasteiger partial charge on any atom is -0.476 e. The average molecular weight is 330 g/mol.